The Hall–Kier alpha value is -2.09. The summed E-state index contributed by atoms with van der Waals surface area (Å²) < 4.78 is 40.3. The van der Waals surface area contributed by atoms with Crippen LogP contribution in [0, 0.1) is 0 Å². The quantitative estimate of drug-likeness (QED) is 0.466. The van der Waals surface area contributed by atoms with E-state index in [9.17, 15) is 22.8 Å². The van der Waals surface area contributed by atoms with E-state index in [2.05, 4.69) is 12.2 Å². The van der Waals surface area contributed by atoms with Gasteiger partial charge in [-0.2, -0.15) is 13.2 Å². The molecule has 0 fully saturated rings. The number of halogens is 3. The lowest BCUT2D eigenvalue weighted by molar-refractivity contribution is -0.140. The molecule has 8 heteroatoms. The lowest BCUT2D eigenvalue weighted by Gasteiger charge is -2.22. The van der Waals surface area contributed by atoms with Gasteiger partial charge in [-0.3, -0.25) is 9.59 Å². The largest absolute Gasteiger partial charge is 0.481 e. The molecule has 0 aliphatic carbocycles. The molecule has 0 bridgehead atoms. The zero-order valence-electron chi connectivity index (χ0n) is 16.4. The molecule has 1 amide bonds. The standard InChI is InChI=1S/C20H29F3N2O3/c1-3-4-5-6-7-8-9-14-10-11-15(12-16(14)20(21,22)23)25-18(28)19(2,24)13-17(26)27/h10-12H,3-9,13,24H2,1-2H3,(H,25,28)(H,26,27)/t19-/m0/s1. The Kier molecular flexibility index (Phi) is 8.94. The molecule has 0 heterocycles. The Morgan fingerprint density at radius 3 is 2.29 bits per heavy atom. The number of benzene rings is 1. The van der Waals surface area contributed by atoms with Crippen molar-refractivity contribution in [3.05, 3.63) is 29.3 Å². The number of carbonyl (C=O) groups is 2. The van der Waals surface area contributed by atoms with Crippen LogP contribution in [0.2, 0.25) is 0 Å². The number of alkyl halides is 3. The van der Waals surface area contributed by atoms with Crippen molar-refractivity contribution >= 4 is 17.6 Å². The van der Waals surface area contributed by atoms with Crippen LogP contribution in [0.15, 0.2) is 18.2 Å². The van der Waals surface area contributed by atoms with Crippen molar-refractivity contribution < 1.29 is 27.9 Å². The number of aliphatic carboxylic acids is 1. The van der Waals surface area contributed by atoms with E-state index < -0.39 is 35.6 Å². The summed E-state index contributed by atoms with van der Waals surface area (Å²) in [6.45, 7) is 3.32. The Morgan fingerprint density at radius 2 is 1.71 bits per heavy atom. The zero-order valence-corrected chi connectivity index (χ0v) is 16.4. The number of carbonyl (C=O) groups excluding carboxylic acids is 1. The minimum Gasteiger partial charge on any atom is -0.481 e. The Labute approximate surface area is 163 Å². The summed E-state index contributed by atoms with van der Waals surface area (Å²) >= 11 is 0. The molecule has 1 aromatic carbocycles. The monoisotopic (exact) mass is 402 g/mol. The van der Waals surface area contributed by atoms with Crippen LogP contribution in [0.5, 0.6) is 0 Å². The van der Waals surface area contributed by atoms with Gasteiger partial charge in [0.2, 0.25) is 5.91 Å². The predicted octanol–water partition coefficient (Wildman–Crippen LogP) is 4.74. The number of nitrogens with one attached hydrogen (secondary N) is 1. The number of unbranched alkanes of at least 4 members (excludes halogenated alkanes) is 5. The van der Waals surface area contributed by atoms with Crippen LogP contribution in [-0.4, -0.2) is 22.5 Å². The van der Waals surface area contributed by atoms with Gasteiger partial charge in [-0.05, 0) is 37.5 Å². The van der Waals surface area contributed by atoms with Crippen molar-refractivity contribution in [2.24, 2.45) is 5.73 Å². The molecule has 5 nitrogen and oxygen atoms in total. The van der Waals surface area contributed by atoms with E-state index in [0.29, 0.717) is 12.8 Å². The third-order valence-electron chi connectivity index (χ3n) is 4.51. The molecule has 1 atom stereocenters. The molecule has 0 spiro atoms. The maximum atomic E-state index is 13.4. The number of amides is 1. The molecule has 0 saturated heterocycles. The average molecular weight is 402 g/mol. The summed E-state index contributed by atoms with van der Waals surface area (Å²) in [4.78, 5) is 22.9. The van der Waals surface area contributed by atoms with Gasteiger partial charge in [0.05, 0.1) is 12.0 Å². The van der Waals surface area contributed by atoms with Crippen LogP contribution >= 0.6 is 0 Å². The fourth-order valence-electron chi connectivity index (χ4n) is 2.90. The number of nitrogens with two attached hydrogens (primary N) is 1. The van der Waals surface area contributed by atoms with Gasteiger partial charge in [0.15, 0.2) is 0 Å². The second kappa shape index (κ2) is 10.5. The zero-order chi connectivity index (χ0) is 21.4. The van der Waals surface area contributed by atoms with Gasteiger partial charge >= 0.3 is 12.1 Å². The fraction of sp³-hybridized carbons (Fsp3) is 0.600. The molecule has 1 rings (SSSR count). The summed E-state index contributed by atoms with van der Waals surface area (Å²) in [5.41, 5.74) is 3.25. The molecule has 158 valence electrons. The summed E-state index contributed by atoms with van der Waals surface area (Å²) in [5, 5.41) is 11.1. The molecule has 0 aliphatic heterocycles. The summed E-state index contributed by atoms with van der Waals surface area (Å²) in [7, 11) is 0. The van der Waals surface area contributed by atoms with E-state index in [1.165, 1.54) is 19.1 Å². The second-order valence-corrected chi connectivity index (χ2v) is 7.33. The molecular formula is C20H29F3N2O3. The van der Waals surface area contributed by atoms with Crippen molar-refractivity contribution in [3.63, 3.8) is 0 Å². The highest BCUT2D eigenvalue weighted by molar-refractivity contribution is 5.99. The molecule has 4 N–H and O–H groups in total. The van der Waals surface area contributed by atoms with Crippen LogP contribution in [0.1, 0.15) is 69.9 Å². The van der Waals surface area contributed by atoms with Crippen molar-refractivity contribution in [1.29, 1.82) is 0 Å². The SMILES string of the molecule is CCCCCCCCc1ccc(NC(=O)[C@@](C)(N)CC(=O)O)cc1C(F)(F)F. The summed E-state index contributed by atoms with van der Waals surface area (Å²) in [5.74, 6) is -2.13. The van der Waals surface area contributed by atoms with E-state index in [4.69, 9.17) is 10.8 Å². The molecule has 1 aromatic rings. The maximum Gasteiger partial charge on any atom is 0.416 e. The highest BCUT2D eigenvalue weighted by Gasteiger charge is 2.35. The first-order valence-corrected chi connectivity index (χ1v) is 9.49. The van der Waals surface area contributed by atoms with Crippen LogP contribution < -0.4 is 11.1 Å². The van der Waals surface area contributed by atoms with Gasteiger partial charge < -0.3 is 16.2 Å². The van der Waals surface area contributed by atoms with E-state index in [0.717, 1.165) is 38.2 Å². The molecule has 0 aromatic heterocycles. The normalized spacial score (nSPS) is 13.8. The Balaban J connectivity index is 2.86. The van der Waals surface area contributed by atoms with Crippen molar-refractivity contribution in [3.8, 4) is 0 Å². The average Bonchev–Trinajstić information content (AvgIpc) is 2.56. The highest BCUT2D eigenvalue weighted by Crippen LogP contribution is 2.34. The highest BCUT2D eigenvalue weighted by atomic mass is 19.4. The topological polar surface area (TPSA) is 92.4 Å². The Bertz CT molecular complexity index is 673. The van der Waals surface area contributed by atoms with Crippen LogP contribution in [0.4, 0.5) is 18.9 Å². The third-order valence-corrected chi connectivity index (χ3v) is 4.51. The lowest BCUT2D eigenvalue weighted by atomic mass is 9.97. The number of hydrogen-bond donors (Lipinski definition) is 3. The lowest BCUT2D eigenvalue weighted by Crippen LogP contribution is -2.49. The van der Waals surface area contributed by atoms with E-state index in [-0.39, 0.29) is 11.3 Å². The van der Waals surface area contributed by atoms with E-state index in [1.807, 2.05) is 0 Å². The minimum atomic E-state index is -4.55. The summed E-state index contributed by atoms with van der Waals surface area (Å²) in [6.07, 6.45) is 0.984. The predicted molar refractivity (Wildman–Crippen MR) is 102 cm³/mol. The van der Waals surface area contributed by atoms with Gasteiger partial charge in [0, 0.05) is 5.69 Å². The van der Waals surface area contributed by atoms with Gasteiger partial charge in [-0.1, -0.05) is 45.1 Å². The first-order valence-electron chi connectivity index (χ1n) is 9.49. The van der Waals surface area contributed by atoms with Gasteiger partial charge in [0.25, 0.3) is 0 Å². The van der Waals surface area contributed by atoms with Gasteiger partial charge in [-0.15, -0.1) is 0 Å². The first-order chi connectivity index (χ1) is 13.0. The van der Waals surface area contributed by atoms with Crippen LogP contribution in [0.3, 0.4) is 0 Å². The van der Waals surface area contributed by atoms with Gasteiger partial charge in [0.1, 0.15) is 5.54 Å². The van der Waals surface area contributed by atoms with Crippen molar-refractivity contribution in [2.45, 2.75) is 76.9 Å². The third kappa shape index (κ3) is 7.88. The number of aryl methyl sites for hydroxylation is 1. The van der Waals surface area contributed by atoms with Crippen LogP contribution in [0.25, 0.3) is 0 Å². The second-order valence-electron chi connectivity index (χ2n) is 7.33. The van der Waals surface area contributed by atoms with Crippen molar-refractivity contribution in [2.75, 3.05) is 5.32 Å². The fourth-order valence-corrected chi connectivity index (χ4v) is 2.90. The van der Waals surface area contributed by atoms with E-state index >= 15 is 0 Å². The molecule has 0 aliphatic rings. The molecule has 0 unspecified atom stereocenters. The number of rotatable bonds is 11. The maximum absolute atomic E-state index is 13.4. The number of carboxylic acid groups (broad SMARTS) is 1. The summed E-state index contributed by atoms with van der Waals surface area (Å²) in [6, 6.07) is 3.62. The number of anilines is 1. The molecule has 28 heavy (non-hydrogen) atoms. The molecule has 0 radical (unpaired) electrons. The van der Waals surface area contributed by atoms with Gasteiger partial charge in [-0.25, -0.2) is 0 Å². The Morgan fingerprint density at radius 1 is 1.11 bits per heavy atom. The smallest absolute Gasteiger partial charge is 0.416 e. The first kappa shape index (κ1) is 23.9. The molecule has 0 saturated carbocycles. The van der Waals surface area contributed by atoms with E-state index in [1.54, 1.807) is 0 Å². The van der Waals surface area contributed by atoms with Crippen LogP contribution in [-0.2, 0) is 22.2 Å². The number of hydrogen-bond acceptors (Lipinski definition) is 3. The minimum absolute atomic E-state index is 0.0638. The van der Waals surface area contributed by atoms with Crippen molar-refractivity contribution in [1.82, 2.24) is 0 Å². The number of carboxylic acids is 1. The molecular weight excluding hydrogens is 373 g/mol.